The van der Waals surface area contributed by atoms with E-state index < -0.39 is 7.12 Å². The monoisotopic (exact) mass is 268 g/mol. The van der Waals surface area contributed by atoms with Crippen molar-refractivity contribution >= 4 is 12.6 Å². The molecule has 0 aliphatic heterocycles. The number of hydrogen-bond acceptors (Lipinski definition) is 5. The number of nitrogens with zero attached hydrogens (tertiary/aromatic N) is 2. The fraction of sp³-hybridized carbons (Fsp3) is 0.143. The highest BCUT2D eigenvalue weighted by atomic mass is 16.5. The molecule has 0 unspecified atom stereocenters. The Labute approximate surface area is 117 Å². The molecule has 2 N–H and O–H groups in total. The predicted octanol–water partition coefficient (Wildman–Crippen LogP) is 0.520. The summed E-state index contributed by atoms with van der Waals surface area (Å²) in [5, 5.41) is 27.4. The van der Waals surface area contributed by atoms with Crippen molar-refractivity contribution < 1.29 is 14.8 Å². The van der Waals surface area contributed by atoms with Crippen LogP contribution in [-0.2, 0) is 6.61 Å². The molecule has 0 fully saturated rings. The molecule has 1 heterocycles. The molecular weight excluding hydrogens is 255 g/mol. The number of benzene rings is 1. The van der Waals surface area contributed by atoms with E-state index in [9.17, 15) is 10.0 Å². The summed E-state index contributed by atoms with van der Waals surface area (Å²) in [6.07, 6.45) is 1.54. The largest absolute Gasteiger partial charge is 0.492 e. The Hall–Kier alpha value is -2.36. The number of pyridine rings is 1. The molecule has 20 heavy (non-hydrogen) atoms. The van der Waals surface area contributed by atoms with Crippen molar-refractivity contribution in [3.05, 3.63) is 53.3 Å². The van der Waals surface area contributed by atoms with Crippen LogP contribution in [0.1, 0.15) is 16.8 Å². The first-order valence-corrected chi connectivity index (χ1v) is 6.04. The topological polar surface area (TPSA) is 86.4 Å². The third-order valence-electron chi connectivity index (χ3n) is 2.78. The molecule has 0 saturated heterocycles. The van der Waals surface area contributed by atoms with Crippen molar-refractivity contribution in [2.24, 2.45) is 0 Å². The average molecular weight is 268 g/mol. The number of hydrogen-bond donors (Lipinski definition) is 2. The zero-order valence-electron chi connectivity index (χ0n) is 10.9. The first-order chi connectivity index (χ1) is 9.60. The Kier molecular flexibility index (Phi) is 4.36. The zero-order chi connectivity index (χ0) is 14.5. The first kappa shape index (κ1) is 14.1. The fourth-order valence-corrected chi connectivity index (χ4v) is 1.79. The Morgan fingerprint density at radius 2 is 2.10 bits per heavy atom. The molecule has 0 aliphatic rings. The molecule has 0 amide bonds. The second-order valence-corrected chi connectivity index (χ2v) is 4.36. The van der Waals surface area contributed by atoms with Crippen LogP contribution in [0, 0.1) is 18.3 Å². The van der Waals surface area contributed by atoms with Crippen LogP contribution in [0.2, 0.25) is 0 Å². The molecule has 6 heteroatoms. The molecule has 0 bridgehead atoms. The van der Waals surface area contributed by atoms with Crippen LogP contribution in [0.25, 0.3) is 0 Å². The minimum Gasteiger partial charge on any atom is -0.489 e. The van der Waals surface area contributed by atoms with Gasteiger partial charge in [-0.1, -0.05) is 17.7 Å². The molecule has 1 aromatic heterocycles. The minimum absolute atomic E-state index is 0.222. The maximum atomic E-state index is 9.33. The predicted molar refractivity (Wildman–Crippen MR) is 74.3 cm³/mol. The maximum absolute atomic E-state index is 9.33. The molecular formula is C14H13BN2O3. The molecule has 5 nitrogen and oxygen atoms in total. The van der Waals surface area contributed by atoms with E-state index in [0.29, 0.717) is 16.9 Å². The van der Waals surface area contributed by atoms with Gasteiger partial charge in [0.15, 0.2) is 0 Å². The van der Waals surface area contributed by atoms with Gasteiger partial charge in [-0.05, 0) is 30.7 Å². The van der Waals surface area contributed by atoms with Gasteiger partial charge in [0.1, 0.15) is 24.1 Å². The average Bonchev–Trinajstić information content (AvgIpc) is 2.46. The summed E-state index contributed by atoms with van der Waals surface area (Å²) in [4.78, 5) is 3.87. The lowest BCUT2D eigenvalue weighted by Crippen LogP contribution is -2.31. The summed E-state index contributed by atoms with van der Waals surface area (Å²) < 4.78 is 5.58. The van der Waals surface area contributed by atoms with Gasteiger partial charge in [-0.2, -0.15) is 5.26 Å². The second-order valence-electron chi connectivity index (χ2n) is 4.36. The highest BCUT2D eigenvalue weighted by Gasteiger charge is 2.17. The third-order valence-corrected chi connectivity index (χ3v) is 2.78. The lowest BCUT2D eigenvalue weighted by atomic mass is 9.79. The summed E-state index contributed by atoms with van der Waals surface area (Å²) >= 11 is 0. The van der Waals surface area contributed by atoms with Crippen molar-refractivity contribution in [3.8, 4) is 11.8 Å². The molecule has 0 spiro atoms. The highest BCUT2D eigenvalue weighted by molar-refractivity contribution is 6.59. The SMILES string of the molecule is Cc1ccc(OCc2ccnc(C#N)c2)c(B(O)O)c1. The Morgan fingerprint density at radius 1 is 1.30 bits per heavy atom. The van der Waals surface area contributed by atoms with Crippen molar-refractivity contribution in [2.75, 3.05) is 0 Å². The van der Waals surface area contributed by atoms with Gasteiger partial charge in [-0.3, -0.25) is 0 Å². The Morgan fingerprint density at radius 3 is 2.80 bits per heavy atom. The van der Waals surface area contributed by atoms with Gasteiger partial charge in [-0.15, -0.1) is 0 Å². The minimum atomic E-state index is -1.59. The van der Waals surface area contributed by atoms with E-state index in [4.69, 9.17) is 10.00 Å². The van der Waals surface area contributed by atoms with E-state index in [1.165, 1.54) is 6.20 Å². The quantitative estimate of drug-likeness (QED) is 0.789. The van der Waals surface area contributed by atoms with Crippen LogP contribution in [-0.4, -0.2) is 22.2 Å². The molecule has 2 rings (SSSR count). The summed E-state index contributed by atoms with van der Waals surface area (Å²) in [5.41, 5.74) is 2.34. The maximum Gasteiger partial charge on any atom is 0.492 e. The van der Waals surface area contributed by atoms with Crippen molar-refractivity contribution in [2.45, 2.75) is 13.5 Å². The van der Waals surface area contributed by atoms with Gasteiger partial charge in [-0.25, -0.2) is 4.98 Å². The molecule has 0 saturated carbocycles. The van der Waals surface area contributed by atoms with Gasteiger partial charge in [0.25, 0.3) is 0 Å². The summed E-state index contributed by atoms with van der Waals surface area (Å²) in [7, 11) is -1.59. The van der Waals surface area contributed by atoms with Crippen molar-refractivity contribution in [3.63, 3.8) is 0 Å². The second kappa shape index (κ2) is 6.19. The van der Waals surface area contributed by atoms with E-state index in [1.807, 2.05) is 19.1 Å². The molecule has 0 radical (unpaired) electrons. The number of aromatic nitrogens is 1. The van der Waals surface area contributed by atoms with E-state index in [-0.39, 0.29) is 6.61 Å². The number of rotatable bonds is 4. The van der Waals surface area contributed by atoms with Crippen LogP contribution in [0.4, 0.5) is 0 Å². The van der Waals surface area contributed by atoms with Gasteiger partial charge in [0, 0.05) is 11.7 Å². The first-order valence-electron chi connectivity index (χ1n) is 6.04. The van der Waals surface area contributed by atoms with Crippen LogP contribution >= 0.6 is 0 Å². The number of nitriles is 1. The van der Waals surface area contributed by atoms with Gasteiger partial charge < -0.3 is 14.8 Å². The van der Waals surface area contributed by atoms with Crippen molar-refractivity contribution in [1.29, 1.82) is 5.26 Å². The van der Waals surface area contributed by atoms with Crippen LogP contribution in [0.15, 0.2) is 36.5 Å². The zero-order valence-corrected chi connectivity index (χ0v) is 10.9. The highest BCUT2D eigenvalue weighted by Crippen LogP contribution is 2.12. The summed E-state index contributed by atoms with van der Waals surface area (Å²) in [6, 6.07) is 10.5. The van der Waals surface area contributed by atoms with Gasteiger partial charge >= 0.3 is 7.12 Å². The Bertz CT molecular complexity index is 653. The number of ether oxygens (including phenoxy) is 1. The van der Waals surface area contributed by atoms with Crippen LogP contribution in [0.5, 0.6) is 5.75 Å². The summed E-state index contributed by atoms with van der Waals surface area (Å²) in [6.45, 7) is 2.08. The lowest BCUT2D eigenvalue weighted by Gasteiger charge is -2.12. The molecule has 0 atom stereocenters. The normalized spacial score (nSPS) is 9.90. The molecule has 0 aliphatic carbocycles. The smallest absolute Gasteiger partial charge is 0.489 e. The van der Waals surface area contributed by atoms with E-state index >= 15 is 0 Å². The third kappa shape index (κ3) is 3.35. The lowest BCUT2D eigenvalue weighted by molar-refractivity contribution is 0.306. The Balaban J connectivity index is 2.16. The van der Waals surface area contributed by atoms with E-state index in [1.54, 1.807) is 24.3 Å². The molecule has 100 valence electrons. The summed E-state index contributed by atoms with van der Waals surface area (Å²) in [5.74, 6) is 0.404. The van der Waals surface area contributed by atoms with Gasteiger partial charge in [0.05, 0.1) is 0 Å². The van der Waals surface area contributed by atoms with Crippen LogP contribution in [0.3, 0.4) is 0 Å². The standard InChI is InChI=1S/C14H13BN2O3/c1-10-2-3-14(13(6-10)15(18)19)20-9-11-4-5-17-12(7-11)8-16/h2-7,18-19H,9H2,1H3. The van der Waals surface area contributed by atoms with Crippen molar-refractivity contribution in [1.82, 2.24) is 4.98 Å². The number of aryl methyl sites for hydroxylation is 1. The molecule has 1 aromatic carbocycles. The fourth-order valence-electron chi connectivity index (χ4n) is 1.79. The van der Waals surface area contributed by atoms with E-state index in [0.717, 1.165) is 11.1 Å². The van der Waals surface area contributed by atoms with Gasteiger partial charge in [0.2, 0.25) is 0 Å². The molecule has 2 aromatic rings. The van der Waals surface area contributed by atoms with E-state index in [2.05, 4.69) is 4.98 Å². The van der Waals surface area contributed by atoms with Crippen LogP contribution < -0.4 is 10.2 Å².